The first-order valence-electron chi connectivity index (χ1n) is 6.00. The number of rotatable bonds is 5. The maximum absolute atomic E-state index is 11.8. The van der Waals surface area contributed by atoms with Crippen molar-refractivity contribution >= 4 is 11.9 Å². The monoisotopic (exact) mass is 267 g/mol. The topological polar surface area (TPSA) is 102 Å². The van der Waals surface area contributed by atoms with E-state index in [1.165, 1.54) is 0 Å². The number of carbonyl (C=O) groups is 2. The molecule has 0 saturated carbocycles. The molecule has 0 spiro atoms. The summed E-state index contributed by atoms with van der Waals surface area (Å²) in [6, 6.07) is 0.909. The molecule has 0 aromatic heterocycles. The van der Waals surface area contributed by atoms with E-state index in [9.17, 15) is 9.59 Å². The quantitative estimate of drug-likeness (QED) is 0.509. The summed E-state index contributed by atoms with van der Waals surface area (Å²) in [6.07, 6.45) is 1.15. The molecule has 0 aliphatic heterocycles. The highest BCUT2D eigenvalue weighted by Crippen LogP contribution is 2.04. The minimum atomic E-state index is -1.03. The van der Waals surface area contributed by atoms with E-state index in [4.69, 9.17) is 10.4 Å². The Kier molecular flexibility index (Phi) is 6.06. The van der Waals surface area contributed by atoms with E-state index in [0.717, 1.165) is 6.20 Å². The molecular weight excluding hydrogens is 246 g/mol. The third-order valence-corrected chi connectivity index (χ3v) is 2.19. The van der Waals surface area contributed by atoms with E-state index in [0.29, 0.717) is 0 Å². The Labute approximate surface area is 113 Å². The van der Waals surface area contributed by atoms with Crippen molar-refractivity contribution in [2.24, 2.45) is 5.92 Å². The molecule has 0 bridgehead atoms. The molecule has 0 heterocycles. The SMILES string of the molecule is CC(C)C(N/C=C(/C#N)C(=O)NC(C)(C)C)C(=O)O. The molecule has 1 atom stereocenters. The van der Waals surface area contributed by atoms with Gasteiger partial charge < -0.3 is 15.7 Å². The van der Waals surface area contributed by atoms with Gasteiger partial charge in [-0.1, -0.05) is 13.8 Å². The average molecular weight is 267 g/mol. The summed E-state index contributed by atoms with van der Waals surface area (Å²) in [6.45, 7) is 8.85. The van der Waals surface area contributed by atoms with E-state index in [2.05, 4.69) is 10.6 Å². The molecular formula is C13H21N3O3. The van der Waals surface area contributed by atoms with Crippen LogP contribution in [0, 0.1) is 17.2 Å². The summed E-state index contributed by atoms with van der Waals surface area (Å²) in [7, 11) is 0. The van der Waals surface area contributed by atoms with Crippen molar-refractivity contribution in [2.45, 2.75) is 46.2 Å². The zero-order valence-corrected chi connectivity index (χ0v) is 11.9. The highest BCUT2D eigenvalue weighted by Gasteiger charge is 2.21. The van der Waals surface area contributed by atoms with E-state index < -0.39 is 23.5 Å². The molecule has 0 radical (unpaired) electrons. The largest absolute Gasteiger partial charge is 0.480 e. The van der Waals surface area contributed by atoms with Crippen LogP contribution in [-0.2, 0) is 9.59 Å². The van der Waals surface area contributed by atoms with Gasteiger partial charge in [-0.2, -0.15) is 5.26 Å². The van der Waals surface area contributed by atoms with Gasteiger partial charge in [-0.15, -0.1) is 0 Å². The lowest BCUT2D eigenvalue weighted by molar-refractivity contribution is -0.140. The van der Waals surface area contributed by atoms with Crippen molar-refractivity contribution in [1.82, 2.24) is 10.6 Å². The van der Waals surface area contributed by atoms with Gasteiger partial charge in [0.2, 0.25) is 0 Å². The zero-order chi connectivity index (χ0) is 15.2. The number of carboxylic acid groups (broad SMARTS) is 1. The van der Waals surface area contributed by atoms with E-state index in [1.807, 2.05) is 0 Å². The highest BCUT2D eigenvalue weighted by molar-refractivity contribution is 5.97. The van der Waals surface area contributed by atoms with Crippen molar-refractivity contribution in [1.29, 1.82) is 5.26 Å². The summed E-state index contributed by atoms with van der Waals surface area (Å²) in [5.41, 5.74) is -0.612. The van der Waals surface area contributed by atoms with Crippen molar-refractivity contribution in [3.63, 3.8) is 0 Å². The first-order chi connectivity index (χ1) is 8.58. The minimum absolute atomic E-state index is 0.151. The molecule has 106 valence electrons. The molecule has 1 amide bonds. The third-order valence-electron chi connectivity index (χ3n) is 2.19. The average Bonchev–Trinajstić information content (AvgIpc) is 2.20. The van der Waals surface area contributed by atoms with Gasteiger partial charge in [0.25, 0.3) is 5.91 Å². The Morgan fingerprint density at radius 1 is 1.32 bits per heavy atom. The first kappa shape index (κ1) is 17.0. The van der Waals surface area contributed by atoms with Crippen LogP contribution in [0.3, 0.4) is 0 Å². The number of carboxylic acids is 1. The lowest BCUT2D eigenvalue weighted by Gasteiger charge is -2.20. The van der Waals surface area contributed by atoms with Gasteiger partial charge in [-0.3, -0.25) is 4.79 Å². The number of nitrogens with zero attached hydrogens (tertiary/aromatic N) is 1. The number of nitriles is 1. The Bertz CT molecular complexity index is 414. The molecule has 0 aromatic carbocycles. The number of hydrogen-bond acceptors (Lipinski definition) is 4. The minimum Gasteiger partial charge on any atom is -0.480 e. The van der Waals surface area contributed by atoms with Crippen LogP contribution in [0.2, 0.25) is 0 Å². The standard InChI is InChI=1S/C13H21N3O3/c1-8(2)10(12(18)19)15-7-9(6-14)11(17)16-13(3,4)5/h7-8,10,15H,1-5H3,(H,16,17)(H,18,19)/b9-7-. The molecule has 0 aromatic rings. The molecule has 6 nitrogen and oxygen atoms in total. The van der Waals surface area contributed by atoms with Gasteiger partial charge >= 0.3 is 5.97 Å². The summed E-state index contributed by atoms with van der Waals surface area (Å²) in [5, 5.41) is 23.1. The predicted octanol–water partition coefficient (Wildman–Crippen LogP) is 1.01. The van der Waals surface area contributed by atoms with Crippen LogP contribution in [0.4, 0.5) is 0 Å². The number of amides is 1. The summed E-state index contributed by atoms with van der Waals surface area (Å²) < 4.78 is 0. The zero-order valence-electron chi connectivity index (χ0n) is 11.9. The normalized spacial score (nSPS) is 13.6. The molecule has 0 aliphatic rings. The molecule has 0 saturated heterocycles. The fourth-order valence-corrected chi connectivity index (χ4v) is 1.28. The molecule has 0 fully saturated rings. The smallest absolute Gasteiger partial charge is 0.326 e. The first-order valence-corrected chi connectivity index (χ1v) is 6.00. The van der Waals surface area contributed by atoms with Gasteiger partial charge in [0.1, 0.15) is 17.7 Å². The fourth-order valence-electron chi connectivity index (χ4n) is 1.28. The number of nitrogens with one attached hydrogen (secondary N) is 2. The number of hydrogen-bond donors (Lipinski definition) is 3. The second-order valence-corrected chi connectivity index (χ2v) is 5.60. The van der Waals surface area contributed by atoms with Gasteiger partial charge in [0, 0.05) is 11.7 Å². The molecule has 1 unspecified atom stereocenters. The van der Waals surface area contributed by atoms with Crippen LogP contribution in [0.25, 0.3) is 0 Å². The molecule has 0 aliphatic carbocycles. The van der Waals surface area contributed by atoms with Gasteiger partial charge in [0.05, 0.1) is 0 Å². The highest BCUT2D eigenvalue weighted by atomic mass is 16.4. The van der Waals surface area contributed by atoms with Crippen LogP contribution >= 0.6 is 0 Å². The summed E-state index contributed by atoms with van der Waals surface area (Å²) >= 11 is 0. The lowest BCUT2D eigenvalue weighted by atomic mass is 10.0. The van der Waals surface area contributed by atoms with Crippen molar-refractivity contribution in [3.8, 4) is 6.07 Å². The second-order valence-electron chi connectivity index (χ2n) is 5.60. The molecule has 19 heavy (non-hydrogen) atoms. The van der Waals surface area contributed by atoms with E-state index in [-0.39, 0.29) is 11.5 Å². The van der Waals surface area contributed by atoms with Crippen molar-refractivity contribution in [3.05, 3.63) is 11.8 Å². The van der Waals surface area contributed by atoms with Crippen molar-refractivity contribution in [2.75, 3.05) is 0 Å². The number of aliphatic carboxylic acids is 1. The molecule has 6 heteroatoms. The Morgan fingerprint density at radius 3 is 2.16 bits per heavy atom. The van der Waals surface area contributed by atoms with Crippen LogP contribution in [0.1, 0.15) is 34.6 Å². The van der Waals surface area contributed by atoms with E-state index >= 15 is 0 Å². The van der Waals surface area contributed by atoms with Gasteiger partial charge in [-0.25, -0.2) is 4.79 Å². The number of carbonyl (C=O) groups excluding carboxylic acids is 1. The third kappa shape index (κ3) is 6.46. The van der Waals surface area contributed by atoms with E-state index in [1.54, 1.807) is 40.7 Å². The molecule has 0 rings (SSSR count). The van der Waals surface area contributed by atoms with Crippen LogP contribution in [0.15, 0.2) is 11.8 Å². The Balaban J connectivity index is 4.88. The maximum atomic E-state index is 11.8. The van der Waals surface area contributed by atoms with Crippen LogP contribution < -0.4 is 10.6 Å². The second kappa shape index (κ2) is 6.78. The summed E-state index contributed by atoms with van der Waals surface area (Å²) in [5.74, 6) is -1.73. The fraction of sp³-hybridized carbons (Fsp3) is 0.615. The predicted molar refractivity (Wildman–Crippen MR) is 71.0 cm³/mol. The maximum Gasteiger partial charge on any atom is 0.326 e. The lowest BCUT2D eigenvalue weighted by Crippen LogP contribution is -2.42. The van der Waals surface area contributed by atoms with Crippen LogP contribution in [-0.4, -0.2) is 28.6 Å². The van der Waals surface area contributed by atoms with Crippen LogP contribution in [0.5, 0.6) is 0 Å². The molecule has 3 N–H and O–H groups in total. The Hall–Kier alpha value is -2.03. The Morgan fingerprint density at radius 2 is 1.84 bits per heavy atom. The van der Waals surface area contributed by atoms with Crippen molar-refractivity contribution < 1.29 is 14.7 Å². The summed E-state index contributed by atoms with van der Waals surface area (Å²) in [4.78, 5) is 22.7. The van der Waals surface area contributed by atoms with Gasteiger partial charge in [0.15, 0.2) is 0 Å². The van der Waals surface area contributed by atoms with Gasteiger partial charge in [-0.05, 0) is 26.7 Å².